The maximum absolute atomic E-state index is 12.0. The van der Waals surface area contributed by atoms with Gasteiger partial charge in [-0.3, -0.25) is 14.6 Å². The molecule has 0 saturated carbocycles. The van der Waals surface area contributed by atoms with Crippen LogP contribution in [-0.2, 0) is 4.79 Å². The zero-order valence-electron chi connectivity index (χ0n) is 10.2. The second-order valence-corrected chi connectivity index (χ2v) is 5.71. The molecule has 5 heteroatoms. The molecule has 0 atom stereocenters. The molecule has 0 amide bonds. The number of thiazole rings is 1. The van der Waals surface area contributed by atoms with Crippen molar-refractivity contribution in [1.82, 2.24) is 4.98 Å². The lowest BCUT2D eigenvalue weighted by molar-refractivity contribution is -0.109. The lowest BCUT2D eigenvalue weighted by Gasteiger charge is -2.17. The van der Waals surface area contributed by atoms with Crippen LogP contribution < -0.4 is 0 Å². The molecule has 1 aromatic heterocycles. The molecular weight excluding hydrogens is 248 g/mol. The second kappa shape index (κ2) is 3.95. The first-order chi connectivity index (χ1) is 8.59. The number of ketones is 2. The predicted molar refractivity (Wildman–Crippen MR) is 70.4 cm³/mol. The molecule has 2 aliphatic rings. The second-order valence-electron chi connectivity index (χ2n) is 4.68. The summed E-state index contributed by atoms with van der Waals surface area (Å²) in [7, 11) is 0. The van der Waals surface area contributed by atoms with E-state index in [0.717, 1.165) is 17.0 Å². The van der Waals surface area contributed by atoms with E-state index in [1.165, 1.54) is 11.3 Å². The Hall–Kier alpha value is -1.62. The van der Waals surface area contributed by atoms with E-state index in [2.05, 4.69) is 9.98 Å². The molecule has 2 heterocycles. The van der Waals surface area contributed by atoms with Gasteiger partial charge in [0.05, 0.1) is 10.7 Å². The average Bonchev–Trinajstić information content (AvgIpc) is 2.81. The van der Waals surface area contributed by atoms with Gasteiger partial charge in [0, 0.05) is 18.0 Å². The fourth-order valence-electron chi connectivity index (χ4n) is 2.10. The molecule has 1 aromatic rings. The van der Waals surface area contributed by atoms with Gasteiger partial charge >= 0.3 is 0 Å². The van der Waals surface area contributed by atoms with E-state index in [-0.39, 0.29) is 5.92 Å². The third-order valence-corrected chi connectivity index (χ3v) is 4.38. The Morgan fingerprint density at radius 1 is 1.28 bits per heavy atom. The largest absolute Gasteiger partial charge is 0.284 e. The summed E-state index contributed by atoms with van der Waals surface area (Å²) >= 11 is 1.33. The molecule has 4 nitrogen and oxygen atoms in total. The smallest absolute Gasteiger partial charge is 0.252 e. The number of hydrogen-bond acceptors (Lipinski definition) is 5. The van der Waals surface area contributed by atoms with Gasteiger partial charge in [0.2, 0.25) is 5.78 Å². The number of dihydropyridines is 1. The predicted octanol–water partition coefficient (Wildman–Crippen LogP) is 2.26. The van der Waals surface area contributed by atoms with Gasteiger partial charge in [0.25, 0.3) is 5.78 Å². The summed E-state index contributed by atoms with van der Waals surface area (Å²) < 4.78 is 0. The van der Waals surface area contributed by atoms with Crippen LogP contribution in [0.4, 0.5) is 0 Å². The summed E-state index contributed by atoms with van der Waals surface area (Å²) in [6, 6.07) is 0. The van der Waals surface area contributed by atoms with Crippen molar-refractivity contribution >= 4 is 34.2 Å². The van der Waals surface area contributed by atoms with Crippen molar-refractivity contribution in [2.45, 2.75) is 26.2 Å². The van der Waals surface area contributed by atoms with Gasteiger partial charge in [-0.2, -0.15) is 0 Å². The Bertz CT molecular complexity index is 623. The summed E-state index contributed by atoms with van der Waals surface area (Å²) in [5.41, 5.74) is 1.72. The number of carbonyl (C=O) groups excluding carboxylic acids is 2. The third kappa shape index (κ3) is 1.50. The van der Waals surface area contributed by atoms with E-state index in [0.29, 0.717) is 22.8 Å². The lowest BCUT2D eigenvalue weighted by atomic mass is 9.90. The minimum Gasteiger partial charge on any atom is -0.284 e. The third-order valence-electron chi connectivity index (χ3n) is 3.02. The highest BCUT2D eigenvalue weighted by molar-refractivity contribution is 7.16. The van der Waals surface area contributed by atoms with Crippen molar-refractivity contribution in [2.24, 2.45) is 4.99 Å². The van der Waals surface area contributed by atoms with E-state index in [4.69, 9.17) is 0 Å². The van der Waals surface area contributed by atoms with Crippen LogP contribution in [0.1, 0.15) is 46.6 Å². The molecule has 0 bridgehead atoms. The summed E-state index contributed by atoms with van der Waals surface area (Å²) in [5, 5.41) is 0.897. The maximum atomic E-state index is 12.0. The number of carbonyl (C=O) groups is 2. The topological polar surface area (TPSA) is 59.4 Å². The fourth-order valence-corrected chi connectivity index (χ4v) is 3.12. The molecule has 0 fully saturated rings. The van der Waals surface area contributed by atoms with Crippen LogP contribution in [0.2, 0.25) is 0 Å². The Kier molecular flexibility index (Phi) is 2.52. The molecule has 1 aliphatic carbocycles. The van der Waals surface area contributed by atoms with Gasteiger partial charge < -0.3 is 0 Å². The summed E-state index contributed by atoms with van der Waals surface area (Å²) in [4.78, 5) is 33.2. The van der Waals surface area contributed by atoms with E-state index in [9.17, 15) is 9.59 Å². The molecule has 3 rings (SSSR count). The van der Waals surface area contributed by atoms with Gasteiger partial charge in [-0.25, -0.2) is 4.98 Å². The minimum absolute atomic E-state index is 0.257. The lowest BCUT2D eigenvalue weighted by Crippen LogP contribution is -2.31. The van der Waals surface area contributed by atoms with Crippen molar-refractivity contribution in [3.05, 3.63) is 21.7 Å². The quantitative estimate of drug-likeness (QED) is 0.728. The Morgan fingerprint density at radius 3 is 2.78 bits per heavy atom. The highest BCUT2D eigenvalue weighted by Gasteiger charge is 2.38. The van der Waals surface area contributed by atoms with Crippen LogP contribution >= 0.6 is 11.3 Å². The summed E-state index contributed by atoms with van der Waals surface area (Å²) in [6.07, 6.45) is 2.77. The van der Waals surface area contributed by atoms with Crippen molar-refractivity contribution in [2.75, 3.05) is 6.54 Å². The number of aliphatic imine (C=N–C) groups is 1. The highest BCUT2D eigenvalue weighted by atomic mass is 32.1. The van der Waals surface area contributed by atoms with Crippen molar-refractivity contribution < 1.29 is 9.59 Å². The highest BCUT2D eigenvalue weighted by Crippen LogP contribution is 2.35. The standard InChI is InChI=1S/C13H12N2O2S/c1-6(2)13-15-9-7-4-3-5-14-8(7)10(16)11(17)12(9)18-13/h4,6H,3,5H2,1-2H3. The first kappa shape index (κ1) is 11.5. The molecule has 1 aliphatic heterocycles. The van der Waals surface area contributed by atoms with Crippen LogP contribution in [0.3, 0.4) is 0 Å². The Morgan fingerprint density at radius 2 is 2.06 bits per heavy atom. The van der Waals surface area contributed by atoms with Crippen LogP contribution in [-0.4, -0.2) is 28.8 Å². The average molecular weight is 260 g/mol. The Balaban J connectivity index is 2.23. The molecule has 0 unspecified atom stereocenters. The first-order valence-electron chi connectivity index (χ1n) is 5.94. The van der Waals surface area contributed by atoms with Gasteiger partial charge in [-0.05, 0) is 6.42 Å². The minimum atomic E-state index is -0.479. The molecule has 92 valence electrons. The maximum Gasteiger partial charge on any atom is 0.252 e. The van der Waals surface area contributed by atoms with Crippen LogP contribution in [0.25, 0.3) is 5.57 Å². The van der Waals surface area contributed by atoms with Gasteiger partial charge in [-0.15, -0.1) is 11.3 Å². The zero-order valence-corrected chi connectivity index (χ0v) is 11.0. The first-order valence-corrected chi connectivity index (χ1v) is 6.76. The number of fused-ring (bicyclic) bond motifs is 3. The molecular formula is C13H12N2O2S. The molecule has 18 heavy (non-hydrogen) atoms. The van der Waals surface area contributed by atoms with Gasteiger partial charge in [0.1, 0.15) is 10.6 Å². The summed E-state index contributed by atoms with van der Waals surface area (Å²) in [6.45, 7) is 4.63. The zero-order chi connectivity index (χ0) is 12.9. The van der Waals surface area contributed by atoms with Crippen molar-refractivity contribution in [1.29, 1.82) is 0 Å². The van der Waals surface area contributed by atoms with E-state index in [1.54, 1.807) is 0 Å². The van der Waals surface area contributed by atoms with E-state index >= 15 is 0 Å². The van der Waals surface area contributed by atoms with Gasteiger partial charge in [0.15, 0.2) is 0 Å². The molecule has 0 aromatic carbocycles. The number of hydrogen-bond donors (Lipinski definition) is 0. The SMILES string of the molecule is CC(C)c1nc2c(s1)C(=O)C(=O)C1=NCCC=C12. The van der Waals surface area contributed by atoms with E-state index in [1.807, 2.05) is 19.9 Å². The molecule has 0 radical (unpaired) electrons. The number of allylic oxidation sites excluding steroid dienone is 1. The molecule has 0 N–H and O–H groups in total. The monoisotopic (exact) mass is 260 g/mol. The fraction of sp³-hybridized carbons (Fsp3) is 0.385. The van der Waals surface area contributed by atoms with E-state index < -0.39 is 11.6 Å². The molecule has 0 spiro atoms. The number of nitrogens with zero attached hydrogens (tertiary/aromatic N) is 2. The van der Waals surface area contributed by atoms with Crippen LogP contribution in [0.5, 0.6) is 0 Å². The van der Waals surface area contributed by atoms with Gasteiger partial charge in [-0.1, -0.05) is 19.9 Å². The Labute approximate surface area is 108 Å². The normalized spacial score (nSPS) is 18.4. The van der Waals surface area contributed by atoms with Crippen LogP contribution in [0.15, 0.2) is 11.1 Å². The summed E-state index contributed by atoms with van der Waals surface area (Å²) in [5.74, 6) is -0.673. The molecule has 0 saturated heterocycles. The van der Waals surface area contributed by atoms with Crippen molar-refractivity contribution in [3.63, 3.8) is 0 Å². The number of Topliss-reactive ketones (excluding diaryl/α,β-unsaturated/α-hetero) is 2. The number of aromatic nitrogens is 1. The van der Waals surface area contributed by atoms with Crippen molar-refractivity contribution in [3.8, 4) is 0 Å². The van der Waals surface area contributed by atoms with Crippen LogP contribution in [0, 0.1) is 0 Å². The number of rotatable bonds is 1.